The van der Waals surface area contributed by atoms with Gasteiger partial charge in [-0.2, -0.15) is 10.2 Å². The van der Waals surface area contributed by atoms with Gasteiger partial charge in [0.2, 0.25) is 0 Å². The molecule has 2 heteroatoms. The van der Waals surface area contributed by atoms with Crippen molar-refractivity contribution in [3.05, 3.63) is 30.3 Å². The summed E-state index contributed by atoms with van der Waals surface area (Å²) in [5.41, 5.74) is 0.918. The molecule has 0 fully saturated rings. The van der Waals surface area contributed by atoms with E-state index in [0.29, 0.717) is 0 Å². The van der Waals surface area contributed by atoms with Crippen molar-refractivity contribution in [3.63, 3.8) is 0 Å². The van der Waals surface area contributed by atoms with E-state index in [9.17, 15) is 0 Å². The van der Waals surface area contributed by atoms with Crippen molar-refractivity contribution < 1.29 is 0 Å². The topological polar surface area (TPSA) is 24.7 Å². The lowest BCUT2D eigenvalue weighted by Gasteiger charge is -1.92. The molecule has 1 rings (SSSR count). The number of azo groups is 1. The van der Waals surface area contributed by atoms with Crippen LogP contribution < -0.4 is 0 Å². The first-order chi connectivity index (χ1) is 5.29. The molecule has 0 saturated heterocycles. The second-order valence-corrected chi connectivity index (χ2v) is 2.64. The molecule has 58 valence electrons. The van der Waals surface area contributed by atoms with Crippen molar-refractivity contribution in [2.24, 2.45) is 10.2 Å². The third-order valence-electron chi connectivity index (χ3n) is 1.16. The molecular weight excluding hydrogens is 136 g/mol. The molecule has 0 heterocycles. The fraction of sp³-hybridized carbons (Fsp3) is 0.333. The van der Waals surface area contributed by atoms with E-state index >= 15 is 0 Å². The summed E-state index contributed by atoms with van der Waals surface area (Å²) >= 11 is 0. The number of hydrogen-bond acceptors (Lipinski definition) is 2. The molecule has 0 aliphatic heterocycles. The molecule has 0 atom stereocenters. The second kappa shape index (κ2) is 3.86. The Bertz CT molecular complexity index is 227. The predicted molar refractivity (Wildman–Crippen MR) is 46.1 cm³/mol. The maximum absolute atomic E-state index is 4.03. The monoisotopic (exact) mass is 148 g/mol. The van der Waals surface area contributed by atoms with Gasteiger partial charge in [0, 0.05) is 0 Å². The molecule has 0 aliphatic carbocycles. The van der Waals surface area contributed by atoms with E-state index in [1.807, 2.05) is 44.2 Å². The van der Waals surface area contributed by atoms with Crippen LogP contribution in [0.1, 0.15) is 13.8 Å². The summed E-state index contributed by atoms with van der Waals surface area (Å²) in [5, 5.41) is 8.05. The average Bonchev–Trinajstić information content (AvgIpc) is 2.03. The van der Waals surface area contributed by atoms with Crippen LogP contribution in [0.4, 0.5) is 5.69 Å². The first-order valence-electron chi connectivity index (χ1n) is 3.75. The van der Waals surface area contributed by atoms with Crippen molar-refractivity contribution in [3.8, 4) is 0 Å². The molecule has 0 saturated carbocycles. The van der Waals surface area contributed by atoms with Gasteiger partial charge in [0.05, 0.1) is 11.7 Å². The molecule has 0 aliphatic rings. The Morgan fingerprint density at radius 2 is 1.73 bits per heavy atom. The Morgan fingerprint density at radius 3 is 2.27 bits per heavy atom. The fourth-order valence-corrected chi connectivity index (χ4v) is 0.677. The van der Waals surface area contributed by atoms with Crippen molar-refractivity contribution >= 4 is 5.69 Å². The van der Waals surface area contributed by atoms with Crippen LogP contribution in [0, 0.1) is 0 Å². The highest BCUT2D eigenvalue weighted by Crippen LogP contribution is 2.10. The Labute approximate surface area is 67.0 Å². The zero-order valence-corrected chi connectivity index (χ0v) is 6.86. The van der Waals surface area contributed by atoms with Crippen molar-refractivity contribution in [1.82, 2.24) is 0 Å². The molecular formula is C9H12N2. The molecule has 0 unspecified atom stereocenters. The summed E-state index contributed by atoms with van der Waals surface area (Å²) in [5.74, 6) is 0. The molecule has 1 aromatic rings. The second-order valence-electron chi connectivity index (χ2n) is 2.64. The van der Waals surface area contributed by atoms with E-state index in [4.69, 9.17) is 0 Å². The van der Waals surface area contributed by atoms with Gasteiger partial charge in [-0.15, -0.1) is 0 Å². The van der Waals surface area contributed by atoms with Crippen LogP contribution in [0.3, 0.4) is 0 Å². The van der Waals surface area contributed by atoms with Crippen LogP contribution in [0.5, 0.6) is 0 Å². The van der Waals surface area contributed by atoms with Gasteiger partial charge in [-0.3, -0.25) is 0 Å². The van der Waals surface area contributed by atoms with E-state index in [-0.39, 0.29) is 6.04 Å². The average molecular weight is 148 g/mol. The summed E-state index contributed by atoms with van der Waals surface area (Å²) in [6.07, 6.45) is 0. The Hall–Kier alpha value is -1.18. The summed E-state index contributed by atoms with van der Waals surface area (Å²) in [6, 6.07) is 10.0. The van der Waals surface area contributed by atoms with Gasteiger partial charge < -0.3 is 0 Å². The smallest absolute Gasteiger partial charge is 0.0852 e. The van der Waals surface area contributed by atoms with Crippen LogP contribution >= 0.6 is 0 Å². The Morgan fingerprint density at radius 1 is 1.09 bits per heavy atom. The minimum atomic E-state index is 0.273. The lowest BCUT2D eigenvalue weighted by molar-refractivity contribution is 0.779. The molecule has 0 bridgehead atoms. The highest BCUT2D eigenvalue weighted by atomic mass is 15.1. The Balaban J connectivity index is 2.65. The van der Waals surface area contributed by atoms with Gasteiger partial charge in [0.25, 0.3) is 0 Å². The lowest BCUT2D eigenvalue weighted by Crippen LogP contribution is -1.83. The van der Waals surface area contributed by atoms with Gasteiger partial charge in [-0.05, 0) is 26.0 Å². The first-order valence-corrected chi connectivity index (χ1v) is 3.75. The van der Waals surface area contributed by atoms with Crippen LogP contribution in [0.25, 0.3) is 0 Å². The minimum absolute atomic E-state index is 0.273. The summed E-state index contributed by atoms with van der Waals surface area (Å²) in [4.78, 5) is 0. The van der Waals surface area contributed by atoms with Crippen molar-refractivity contribution in [2.75, 3.05) is 0 Å². The highest BCUT2D eigenvalue weighted by molar-refractivity contribution is 5.34. The van der Waals surface area contributed by atoms with Gasteiger partial charge in [-0.1, -0.05) is 18.2 Å². The van der Waals surface area contributed by atoms with E-state index in [0.717, 1.165) is 5.69 Å². The third-order valence-corrected chi connectivity index (χ3v) is 1.16. The van der Waals surface area contributed by atoms with Gasteiger partial charge in [-0.25, -0.2) is 0 Å². The van der Waals surface area contributed by atoms with E-state index in [2.05, 4.69) is 10.2 Å². The van der Waals surface area contributed by atoms with Crippen molar-refractivity contribution in [2.45, 2.75) is 19.9 Å². The summed E-state index contributed by atoms with van der Waals surface area (Å²) in [7, 11) is 0. The van der Waals surface area contributed by atoms with Crippen LogP contribution in [-0.2, 0) is 0 Å². The quantitative estimate of drug-likeness (QED) is 0.575. The number of hydrogen-bond donors (Lipinski definition) is 0. The van der Waals surface area contributed by atoms with E-state index in [1.54, 1.807) is 0 Å². The van der Waals surface area contributed by atoms with Gasteiger partial charge >= 0.3 is 0 Å². The number of nitrogens with zero attached hydrogens (tertiary/aromatic N) is 2. The van der Waals surface area contributed by atoms with E-state index in [1.165, 1.54) is 0 Å². The van der Waals surface area contributed by atoms with Crippen LogP contribution in [0.2, 0.25) is 0 Å². The molecule has 0 aromatic heterocycles. The van der Waals surface area contributed by atoms with Gasteiger partial charge in [0.15, 0.2) is 0 Å². The third kappa shape index (κ3) is 2.94. The summed E-state index contributed by atoms with van der Waals surface area (Å²) in [6.45, 7) is 4.01. The largest absolute Gasteiger partial charge is 0.186 e. The number of benzene rings is 1. The molecule has 2 nitrogen and oxygen atoms in total. The van der Waals surface area contributed by atoms with Gasteiger partial charge in [0.1, 0.15) is 0 Å². The highest BCUT2D eigenvalue weighted by Gasteiger charge is 1.86. The zero-order valence-electron chi connectivity index (χ0n) is 6.86. The molecule has 11 heavy (non-hydrogen) atoms. The summed E-state index contributed by atoms with van der Waals surface area (Å²) < 4.78 is 0. The molecule has 0 radical (unpaired) electrons. The maximum atomic E-state index is 4.03. The van der Waals surface area contributed by atoms with Crippen molar-refractivity contribution in [1.29, 1.82) is 0 Å². The SMILES string of the molecule is CC(C)N=Nc1ccccc1. The molecule has 0 N–H and O–H groups in total. The van der Waals surface area contributed by atoms with Crippen LogP contribution in [0.15, 0.2) is 40.6 Å². The zero-order chi connectivity index (χ0) is 8.10. The minimum Gasteiger partial charge on any atom is -0.186 e. The standard InChI is InChI=1S/C9H12N2/c1-8(2)10-11-9-6-4-3-5-7-9/h3-8H,1-2H3. The first kappa shape index (κ1) is 7.92. The molecule has 0 amide bonds. The fourth-order valence-electron chi connectivity index (χ4n) is 0.677. The molecule has 1 aromatic carbocycles. The lowest BCUT2D eigenvalue weighted by atomic mass is 10.3. The van der Waals surface area contributed by atoms with Crippen LogP contribution in [-0.4, -0.2) is 6.04 Å². The normalized spacial score (nSPS) is 11.2. The predicted octanol–water partition coefficient (Wildman–Crippen LogP) is 3.18. The maximum Gasteiger partial charge on any atom is 0.0852 e. The Kier molecular flexibility index (Phi) is 2.78. The molecule has 0 spiro atoms. The number of rotatable bonds is 2. The van der Waals surface area contributed by atoms with E-state index < -0.39 is 0 Å².